The molecular weight excluding hydrogens is 228 g/mol. The van der Waals surface area contributed by atoms with Crippen molar-refractivity contribution in [2.24, 2.45) is 0 Å². The van der Waals surface area contributed by atoms with Crippen LogP contribution >= 0.6 is 0 Å². The molecule has 2 N–H and O–H groups in total. The second kappa shape index (κ2) is 6.01. The molecule has 1 aromatic heterocycles. The molecule has 0 atom stereocenters. The van der Waals surface area contributed by atoms with Crippen molar-refractivity contribution in [3.8, 4) is 6.07 Å². The summed E-state index contributed by atoms with van der Waals surface area (Å²) in [5.41, 5.74) is 0.395. The summed E-state index contributed by atoms with van der Waals surface area (Å²) in [5.74, 6) is 0.801. The fraction of sp³-hybridized carbons (Fsp3) is 0.462. The number of carbonyl (C=O) groups is 1. The van der Waals surface area contributed by atoms with E-state index in [1.165, 1.54) is 0 Å². The average Bonchev–Trinajstić information content (AvgIpc) is 3.19. The third-order valence-electron chi connectivity index (χ3n) is 2.69. The highest BCUT2D eigenvalue weighted by Crippen LogP contribution is 2.18. The molecule has 1 fully saturated rings. The average molecular weight is 244 g/mol. The third-order valence-corrected chi connectivity index (χ3v) is 2.69. The van der Waals surface area contributed by atoms with E-state index in [1.807, 2.05) is 12.1 Å². The number of rotatable bonds is 6. The van der Waals surface area contributed by atoms with Crippen LogP contribution < -0.4 is 10.6 Å². The van der Waals surface area contributed by atoms with Gasteiger partial charge in [-0.1, -0.05) is 6.07 Å². The van der Waals surface area contributed by atoms with Gasteiger partial charge in [0, 0.05) is 19.0 Å². The number of anilines is 1. The molecule has 0 aliphatic heterocycles. The van der Waals surface area contributed by atoms with Gasteiger partial charge in [-0.2, -0.15) is 5.26 Å². The van der Waals surface area contributed by atoms with Crippen LogP contribution in [0, 0.1) is 11.3 Å². The van der Waals surface area contributed by atoms with Gasteiger partial charge < -0.3 is 10.6 Å². The molecular formula is C13H16N4O. The molecule has 94 valence electrons. The van der Waals surface area contributed by atoms with Crippen LogP contribution in [0.25, 0.3) is 0 Å². The Labute approximate surface area is 106 Å². The van der Waals surface area contributed by atoms with Gasteiger partial charge in [-0.05, 0) is 31.4 Å². The van der Waals surface area contributed by atoms with E-state index >= 15 is 0 Å². The van der Waals surface area contributed by atoms with Gasteiger partial charge in [-0.3, -0.25) is 4.79 Å². The molecule has 0 aromatic carbocycles. The van der Waals surface area contributed by atoms with E-state index in [0.29, 0.717) is 30.5 Å². The fourth-order valence-corrected chi connectivity index (χ4v) is 1.59. The first-order valence-electron chi connectivity index (χ1n) is 6.18. The predicted molar refractivity (Wildman–Crippen MR) is 67.8 cm³/mol. The minimum atomic E-state index is 0.123. The Balaban J connectivity index is 1.65. The summed E-state index contributed by atoms with van der Waals surface area (Å²) in [4.78, 5) is 15.5. The minimum absolute atomic E-state index is 0.123. The molecule has 0 bridgehead atoms. The van der Waals surface area contributed by atoms with Crippen LogP contribution in [0.2, 0.25) is 0 Å². The summed E-state index contributed by atoms with van der Waals surface area (Å²) in [5, 5.41) is 14.7. The van der Waals surface area contributed by atoms with E-state index in [2.05, 4.69) is 15.6 Å². The second-order valence-electron chi connectivity index (χ2n) is 4.39. The number of nitriles is 1. The smallest absolute Gasteiger partial charge is 0.220 e. The minimum Gasteiger partial charge on any atom is -0.370 e. The molecule has 0 unspecified atom stereocenters. The topological polar surface area (TPSA) is 77.8 Å². The maximum absolute atomic E-state index is 11.4. The highest BCUT2D eigenvalue weighted by Gasteiger charge is 2.22. The molecule has 0 saturated heterocycles. The van der Waals surface area contributed by atoms with E-state index in [9.17, 15) is 4.79 Å². The molecule has 1 aromatic rings. The molecule has 18 heavy (non-hydrogen) atoms. The van der Waals surface area contributed by atoms with Crippen LogP contribution in [-0.2, 0) is 4.79 Å². The maximum Gasteiger partial charge on any atom is 0.220 e. The van der Waals surface area contributed by atoms with Crippen molar-refractivity contribution in [2.45, 2.75) is 31.7 Å². The zero-order valence-electron chi connectivity index (χ0n) is 10.1. The molecule has 1 amide bonds. The molecule has 5 heteroatoms. The van der Waals surface area contributed by atoms with Crippen molar-refractivity contribution in [2.75, 3.05) is 11.9 Å². The molecule has 1 aliphatic carbocycles. The predicted octanol–water partition coefficient (Wildman–Crippen LogP) is 1.42. The first-order valence-corrected chi connectivity index (χ1v) is 6.18. The SMILES string of the molecule is N#Cc1cccc(NCCCC(=O)NC2CC2)n1. The number of aromatic nitrogens is 1. The van der Waals surface area contributed by atoms with Gasteiger partial charge in [-0.15, -0.1) is 0 Å². The van der Waals surface area contributed by atoms with Gasteiger partial charge in [0.15, 0.2) is 0 Å². The summed E-state index contributed by atoms with van der Waals surface area (Å²) >= 11 is 0. The monoisotopic (exact) mass is 244 g/mol. The number of pyridine rings is 1. The van der Waals surface area contributed by atoms with Crippen LogP contribution in [0.3, 0.4) is 0 Å². The summed E-state index contributed by atoms with van der Waals surface area (Å²) < 4.78 is 0. The molecule has 0 spiro atoms. The third kappa shape index (κ3) is 4.06. The molecule has 2 rings (SSSR count). The van der Waals surface area contributed by atoms with Crippen LogP contribution in [-0.4, -0.2) is 23.5 Å². The van der Waals surface area contributed by atoms with Crippen LogP contribution in [0.15, 0.2) is 18.2 Å². The molecule has 1 heterocycles. The van der Waals surface area contributed by atoms with E-state index in [1.54, 1.807) is 12.1 Å². The summed E-state index contributed by atoms with van der Waals surface area (Å²) in [6.45, 7) is 0.681. The van der Waals surface area contributed by atoms with Crippen LogP contribution in [0.4, 0.5) is 5.82 Å². The lowest BCUT2D eigenvalue weighted by atomic mass is 10.3. The molecule has 1 aliphatic rings. The largest absolute Gasteiger partial charge is 0.370 e. The van der Waals surface area contributed by atoms with Crippen molar-refractivity contribution >= 4 is 11.7 Å². The van der Waals surface area contributed by atoms with Crippen molar-refractivity contribution in [3.05, 3.63) is 23.9 Å². The Morgan fingerprint density at radius 2 is 2.33 bits per heavy atom. The van der Waals surface area contributed by atoms with E-state index < -0.39 is 0 Å². The first-order chi connectivity index (χ1) is 8.78. The molecule has 0 radical (unpaired) electrons. The Morgan fingerprint density at radius 3 is 3.06 bits per heavy atom. The zero-order valence-corrected chi connectivity index (χ0v) is 10.1. The van der Waals surface area contributed by atoms with Gasteiger partial charge in [-0.25, -0.2) is 4.98 Å². The number of nitrogens with zero attached hydrogens (tertiary/aromatic N) is 2. The lowest BCUT2D eigenvalue weighted by molar-refractivity contribution is -0.121. The van der Waals surface area contributed by atoms with E-state index in [0.717, 1.165) is 19.3 Å². The van der Waals surface area contributed by atoms with Gasteiger partial charge >= 0.3 is 0 Å². The Hall–Kier alpha value is -2.09. The van der Waals surface area contributed by atoms with Crippen molar-refractivity contribution in [3.63, 3.8) is 0 Å². The Morgan fingerprint density at radius 1 is 1.50 bits per heavy atom. The van der Waals surface area contributed by atoms with Crippen LogP contribution in [0.1, 0.15) is 31.4 Å². The quantitative estimate of drug-likeness (QED) is 0.742. The second-order valence-corrected chi connectivity index (χ2v) is 4.39. The summed E-state index contributed by atoms with van der Waals surface area (Å²) in [6, 6.07) is 7.68. The number of nitrogens with one attached hydrogen (secondary N) is 2. The molecule has 5 nitrogen and oxygen atoms in total. The highest BCUT2D eigenvalue weighted by atomic mass is 16.1. The van der Waals surface area contributed by atoms with Gasteiger partial charge in [0.2, 0.25) is 5.91 Å². The summed E-state index contributed by atoms with van der Waals surface area (Å²) in [6.07, 6.45) is 3.53. The van der Waals surface area contributed by atoms with Crippen LogP contribution in [0.5, 0.6) is 0 Å². The van der Waals surface area contributed by atoms with E-state index in [-0.39, 0.29) is 5.91 Å². The zero-order chi connectivity index (χ0) is 12.8. The fourth-order valence-electron chi connectivity index (χ4n) is 1.59. The standard InChI is InChI=1S/C13H16N4O/c14-9-11-3-1-4-12(16-11)15-8-2-5-13(18)17-10-6-7-10/h1,3-4,10H,2,5-8H2,(H,15,16)(H,17,18). The maximum atomic E-state index is 11.4. The Kier molecular flexibility index (Phi) is 4.13. The van der Waals surface area contributed by atoms with Gasteiger partial charge in [0.25, 0.3) is 0 Å². The Bertz CT molecular complexity index is 462. The lowest BCUT2D eigenvalue weighted by Crippen LogP contribution is -2.25. The highest BCUT2D eigenvalue weighted by molar-refractivity contribution is 5.76. The van der Waals surface area contributed by atoms with Crippen molar-refractivity contribution in [1.29, 1.82) is 5.26 Å². The van der Waals surface area contributed by atoms with Gasteiger partial charge in [0.05, 0.1) is 0 Å². The van der Waals surface area contributed by atoms with E-state index in [4.69, 9.17) is 5.26 Å². The number of carbonyl (C=O) groups excluding carboxylic acids is 1. The number of hydrogen-bond acceptors (Lipinski definition) is 4. The summed E-state index contributed by atoms with van der Waals surface area (Å²) in [7, 11) is 0. The number of amides is 1. The lowest BCUT2D eigenvalue weighted by Gasteiger charge is -2.06. The first kappa shape index (κ1) is 12.4. The number of hydrogen-bond donors (Lipinski definition) is 2. The van der Waals surface area contributed by atoms with Crippen molar-refractivity contribution in [1.82, 2.24) is 10.3 Å². The van der Waals surface area contributed by atoms with Crippen molar-refractivity contribution < 1.29 is 4.79 Å². The molecule has 1 saturated carbocycles. The van der Waals surface area contributed by atoms with Gasteiger partial charge in [0.1, 0.15) is 17.6 Å². The normalized spacial score (nSPS) is 13.7.